The largest absolute Gasteiger partial charge is 0.390 e. The Morgan fingerprint density at radius 3 is 2.95 bits per heavy atom. The second-order valence-electron chi connectivity index (χ2n) is 3.84. The van der Waals surface area contributed by atoms with Gasteiger partial charge in [0.25, 0.3) is 0 Å². The summed E-state index contributed by atoms with van der Waals surface area (Å²) in [6, 6.07) is 0. The van der Waals surface area contributed by atoms with Crippen LogP contribution in [0.25, 0.3) is 11.2 Å². The fourth-order valence-electron chi connectivity index (χ4n) is 1.69. The van der Waals surface area contributed by atoms with E-state index in [0.29, 0.717) is 23.7 Å². The zero-order valence-corrected chi connectivity index (χ0v) is 9.91. The van der Waals surface area contributed by atoms with Crippen molar-refractivity contribution in [2.24, 2.45) is 0 Å². The predicted octanol–water partition coefficient (Wildman–Crippen LogP) is 0.247. The van der Waals surface area contributed by atoms with E-state index in [9.17, 15) is 0 Å². The number of aliphatic hydroxyl groups is 1. The number of hydrogen-bond donors (Lipinski definition) is 3. The minimum Gasteiger partial charge on any atom is -0.390 e. The molecule has 3 rings (SSSR count). The number of aliphatic hydroxyl groups excluding tert-OH is 1. The molecule has 3 N–H and O–H groups in total. The van der Waals surface area contributed by atoms with E-state index in [2.05, 4.69) is 35.2 Å². The van der Waals surface area contributed by atoms with Crippen LogP contribution in [0.2, 0.25) is 0 Å². The quantitative estimate of drug-likeness (QED) is 0.614. The van der Waals surface area contributed by atoms with Gasteiger partial charge in [0.1, 0.15) is 11.8 Å². The van der Waals surface area contributed by atoms with Crippen molar-refractivity contribution in [1.29, 1.82) is 0 Å². The van der Waals surface area contributed by atoms with Gasteiger partial charge in [0.2, 0.25) is 0 Å². The van der Waals surface area contributed by atoms with Gasteiger partial charge >= 0.3 is 0 Å². The standard InChI is InChI=1S/C11H11N7O/c19-4-8-2-12-1-7(18-8)3-13-10-9-11(15-5-14-9)17-6-16-10/h1-2,5-6,19H,3-4H2,(H2,13,14,15,16,17). The van der Waals surface area contributed by atoms with E-state index in [1.165, 1.54) is 12.5 Å². The topological polar surface area (TPSA) is 113 Å². The lowest BCUT2D eigenvalue weighted by atomic mass is 10.4. The van der Waals surface area contributed by atoms with E-state index in [1.54, 1.807) is 12.5 Å². The summed E-state index contributed by atoms with van der Waals surface area (Å²) in [5.41, 5.74) is 2.60. The molecule has 0 aliphatic carbocycles. The van der Waals surface area contributed by atoms with E-state index >= 15 is 0 Å². The lowest BCUT2D eigenvalue weighted by Gasteiger charge is -2.05. The molecule has 8 heteroatoms. The molecule has 0 saturated carbocycles. The summed E-state index contributed by atoms with van der Waals surface area (Å²) in [5, 5.41) is 12.1. The number of aromatic nitrogens is 6. The van der Waals surface area contributed by atoms with Gasteiger partial charge in [0.15, 0.2) is 11.5 Å². The molecule has 0 aliphatic heterocycles. The predicted molar refractivity (Wildman–Crippen MR) is 67.0 cm³/mol. The third-order valence-electron chi connectivity index (χ3n) is 2.56. The minimum absolute atomic E-state index is 0.126. The molecule has 3 aromatic heterocycles. The maximum absolute atomic E-state index is 9.00. The summed E-state index contributed by atoms with van der Waals surface area (Å²) in [6.07, 6.45) is 6.18. The average Bonchev–Trinajstić information content (AvgIpc) is 2.94. The van der Waals surface area contributed by atoms with Gasteiger partial charge < -0.3 is 15.4 Å². The molecule has 0 fully saturated rings. The van der Waals surface area contributed by atoms with Crippen molar-refractivity contribution in [3.05, 3.63) is 36.4 Å². The van der Waals surface area contributed by atoms with Crippen LogP contribution in [0.4, 0.5) is 5.82 Å². The molecule has 0 radical (unpaired) electrons. The Balaban J connectivity index is 1.80. The van der Waals surface area contributed by atoms with Crippen LogP contribution < -0.4 is 5.32 Å². The van der Waals surface area contributed by atoms with Crippen LogP contribution in [0.3, 0.4) is 0 Å². The van der Waals surface area contributed by atoms with Crippen LogP contribution in [0, 0.1) is 0 Å². The molecule has 0 atom stereocenters. The maximum atomic E-state index is 9.00. The molecule has 3 heterocycles. The molecule has 0 unspecified atom stereocenters. The fraction of sp³-hybridized carbons (Fsp3) is 0.182. The number of H-pyrrole nitrogens is 1. The van der Waals surface area contributed by atoms with Gasteiger partial charge in [-0.15, -0.1) is 0 Å². The van der Waals surface area contributed by atoms with Gasteiger partial charge in [-0.3, -0.25) is 9.97 Å². The van der Waals surface area contributed by atoms with Crippen molar-refractivity contribution in [1.82, 2.24) is 29.9 Å². The normalized spacial score (nSPS) is 10.8. The number of aromatic amines is 1. The van der Waals surface area contributed by atoms with E-state index in [0.717, 1.165) is 11.2 Å². The molecule has 3 aromatic rings. The van der Waals surface area contributed by atoms with Crippen LogP contribution in [0.15, 0.2) is 25.0 Å². The number of anilines is 1. The van der Waals surface area contributed by atoms with E-state index in [1.807, 2.05) is 0 Å². The third-order valence-corrected chi connectivity index (χ3v) is 2.56. The molecule has 0 amide bonds. The third kappa shape index (κ3) is 2.33. The average molecular weight is 257 g/mol. The summed E-state index contributed by atoms with van der Waals surface area (Å²) in [5.74, 6) is 0.652. The number of imidazole rings is 1. The molecule has 19 heavy (non-hydrogen) atoms. The molecule has 0 aliphatic rings. The number of nitrogens with one attached hydrogen (secondary N) is 2. The second kappa shape index (κ2) is 4.94. The van der Waals surface area contributed by atoms with Gasteiger partial charge in [-0.05, 0) is 0 Å². The lowest BCUT2D eigenvalue weighted by molar-refractivity contribution is 0.276. The molecule has 0 saturated heterocycles. The molecular formula is C11H11N7O. The van der Waals surface area contributed by atoms with Crippen molar-refractivity contribution in [3.8, 4) is 0 Å². The van der Waals surface area contributed by atoms with Crippen LogP contribution >= 0.6 is 0 Å². The molecule has 0 spiro atoms. The second-order valence-corrected chi connectivity index (χ2v) is 3.84. The summed E-state index contributed by atoms with van der Waals surface area (Å²) < 4.78 is 0. The number of hydrogen-bond acceptors (Lipinski definition) is 7. The van der Waals surface area contributed by atoms with Crippen molar-refractivity contribution in [2.45, 2.75) is 13.2 Å². The Hall–Kier alpha value is -2.61. The number of fused-ring (bicyclic) bond motifs is 1. The highest BCUT2D eigenvalue weighted by Gasteiger charge is 2.05. The number of nitrogens with zero attached hydrogens (tertiary/aromatic N) is 5. The Morgan fingerprint density at radius 2 is 2.05 bits per heavy atom. The SMILES string of the molecule is OCc1cncc(CNc2ncnc3nc[nH]c23)n1. The van der Waals surface area contributed by atoms with Gasteiger partial charge in [0, 0.05) is 0 Å². The molecule has 0 bridgehead atoms. The van der Waals surface area contributed by atoms with Crippen LogP contribution in [-0.2, 0) is 13.2 Å². The van der Waals surface area contributed by atoms with Gasteiger partial charge in [0.05, 0.1) is 43.3 Å². The Bertz CT molecular complexity index is 696. The van der Waals surface area contributed by atoms with Crippen LogP contribution in [0.1, 0.15) is 11.4 Å². The Morgan fingerprint density at radius 1 is 1.16 bits per heavy atom. The zero-order chi connectivity index (χ0) is 13.1. The smallest absolute Gasteiger partial charge is 0.182 e. The molecule has 96 valence electrons. The van der Waals surface area contributed by atoms with E-state index in [-0.39, 0.29) is 6.61 Å². The summed E-state index contributed by atoms with van der Waals surface area (Å²) in [7, 11) is 0. The minimum atomic E-state index is -0.126. The summed E-state index contributed by atoms with van der Waals surface area (Å²) in [4.78, 5) is 23.4. The lowest BCUT2D eigenvalue weighted by Crippen LogP contribution is -2.06. The van der Waals surface area contributed by atoms with E-state index < -0.39 is 0 Å². The van der Waals surface area contributed by atoms with E-state index in [4.69, 9.17) is 5.11 Å². The molecule has 8 nitrogen and oxygen atoms in total. The van der Waals surface area contributed by atoms with Gasteiger partial charge in [-0.1, -0.05) is 0 Å². The van der Waals surface area contributed by atoms with Crippen molar-refractivity contribution in [2.75, 3.05) is 5.32 Å². The summed E-state index contributed by atoms with van der Waals surface area (Å²) in [6.45, 7) is 0.325. The number of rotatable bonds is 4. The fourth-order valence-corrected chi connectivity index (χ4v) is 1.69. The first-order chi connectivity index (χ1) is 9.36. The monoisotopic (exact) mass is 257 g/mol. The van der Waals surface area contributed by atoms with Crippen molar-refractivity contribution < 1.29 is 5.11 Å². The van der Waals surface area contributed by atoms with Crippen LogP contribution in [0.5, 0.6) is 0 Å². The van der Waals surface area contributed by atoms with Gasteiger partial charge in [-0.2, -0.15) is 0 Å². The van der Waals surface area contributed by atoms with Crippen molar-refractivity contribution >= 4 is 17.0 Å². The highest BCUT2D eigenvalue weighted by atomic mass is 16.3. The highest BCUT2D eigenvalue weighted by molar-refractivity contribution is 5.81. The summed E-state index contributed by atoms with van der Waals surface area (Å²) >= 11 is 0. The molecular weight excluding hydrogens is 246 g/mol. The van der Waals surface area contributed by atoms with Crippen LogP contribution in [-0.4, -0.2) is 35.0 Å². The zero-order valence-electron chi connectivity index (χ0n) is 9.91. The first-order valence-electron chi connectivity index (χ1n) is 5.65. The Kier molecular flexibility index (Phi) is 2.99. The first-order valence-corrected chi connectivity index (χ1v) is 5.65. The molecule has 0 aromatic carbocycles. The first kappa shape index (κ1) is 11.5. The van der Waals surface area contributed by atoms with Crippen molar-refractivity contribution in [3.63, 3.8) is 0 Å². The highest BCUT2D eigenvalue weighted by Crippen LogP contribution is 2.14. The van der Waals surface area contributed by atoms with Gasteiger partial charge in [-0.25, -0.2) is 15.0 Å². The Labute approximate surface area is 108 Å². The maximum Gasteiger partial charge on any atom is 0.182 e.